The van der Waals surface area contributed by atoms with Gasteiger partial charge in [0.15, 0.2) is 5.65 Å². The molecule has 92 valence electrons. The summed E-state index contributed by atoms with van der Waals surface area (Å²) in [4.78, 5) is 15.4. The molecule has 0 aliphatic rings. The van der Waals surface area contributed by atoms with Crippen LogP contribution in [0.4, 0.5) is 5.82 Å². The first-order valence-electron chi connectivity index (χ1n) is 5.51. The highest BCUT2D eigenvalue weighted by molar-refractivity contribution is 5.48. The van der Waals surface area contributed by atoms with Gasteiger partial charge in [-0.25, -0.2) is 19.3 Å². The molecule has 2 aromatic rings. The van der Waals surface area contributed by atoms with E-state index in [-0.39, 0.29) is 11.7 Å². The van der Waals surface area contributed by atoms with Crippen molar-refractivity contribution in [2.45, 2.75) is 19.9 Å². The molecule has 0 bridgehead atoms. The van der Waals surface area contributed by atoms with Crippen molar-refractivity contribution in [3.8, 4) is 0 Å². The quantitative estimate of drug-likeness (QED) is 0.683. The molecule has 7 nitrogen and oxygen atoms in total. The van der Waals surface area contributed by atoms with E-state index in [1.807, 2.05) is 6.92 Å². The molecule has 0 radical (unpaired) electrons. The van der Waals surface area contributed by atoms with E-state index in [1.54, 1.807) is 6.07 Å². The average Bonchev–Trinajstić information content (AvgIpc) is 2.69. The van der Waals surface area contributed by atoms with Crippen molar-refractivity contribution in [2.75, 3.05) is 11.9 Å². The number of hydrogen-bond acceptors (Lipinski definition) is 5. The predicted octanol–water partition coefficient (Wildman–Crippen LogP) is -0.187. The van der Waals surface area contributed by atoms with Crippen molar-refractivity contribution in [2.24, 2.45) is 11.7 Å². The molecule has 0 saturated heterocycles. The number of fused-ring (bicyclic) bond motifs is 1. The fourth-order valence-corrected chi connectivity index (χ4v) is 1.47. The molecule has 2 aromatic heterocycles. The smallest absolute Gasteiger partial charge is 0.348 e. The van der Waals surface area contributed by atoms with Gasteiger partial charge in [-0.15, -0.1) is 0 Å². The third-order valence-corrected chi connectivity index (χ3v) is 2.91. The van der Waals surface area contributed by atoms with Crippen LogP contribution in [0.3, 0.4) is 0 Å². The van der Waals surface area contributed by atoms with E-state index < -0.39 is 0 Å². The molecule has 0 amide bonds. The summed E-state index contributed by atoms with van der Waals surface area (Å²) in [7, 11) is 0. The van der Waals surface area contributed by atoms with Gasteiger partial charge in [-0.2, -0.15) is 5.10 Å². The Morgan fingerprint density at radius 1 is 1.59 bits per heavy atom. The minimum absolute atomic E-state index is 0.209. The summed E-state index contributed by atoms with van der Waals surface area (Å²) < 4.78 is 1.35. The predicted molar refractivity (Wildman–Crippen MR) is 64.9 cm³/mol. The number of rotatable bonds is 4. The van der Waals surface area contributed by atoms with Crippen LogP contribution in [0.2, 0.25) is 0 Å². The fourth-order valence-electron chi connectivity index (χ4n) is 1.47. The largest absolute Gasteiger partial charge is 0.367 e. The molecule has 2 atom stereocenters. The molecule has 0 spiro atoms. The van der Waals surface area contributed by atoms with Gasteiger partial charge >= 0.3 is 5.69 Å². The number of nitrogens with zero attached hydrogens (tertiary/aromatic N) is 3. The van der Waals surface area contributed by atoms with Crippen LogP contribution in [0.1, 0.15) is 13.8 Å². The number of hydrogen-bond donors (Lipinski definition) is 3. The van der Waals surface area contributed by atoms with Crippen LogP contribution in [-0.2, 0) is 0 Å². The first-order valence-corrected chi connectivity index (χ1v) is 5.51. The van der Waals surface area contributed by atoms with Crippen LogP contribution in [0.15, 0.2) is 17.2 Å². The van der Waals surface area contributed by atoms with Crippen LogP contribution in [0.25, 0.3) is 5.65 Å². The van der Waals surface area contributed by atoms with Crippen LogP contribution in [0.5, 0.6) is 0 Å². The average molecular weight is 236 g/mol. The van der Waals surface area contributed by atoms with E-state index in [2.05, 4.69) is 27.4 Å². The van der Waals surface area contributed by atoms with Gasteiger partial charge < -0.3 is 11.1 Å². The Morgan fingerprint density at radius 2 is 2.35 bits per heavy atom. The lowest BCUT2D eigenvalue weighted by Gasteiger charge is -2.20. The van der Waals surface area contributed by atoms with Crippen LogP contribution < -0.4 is 16.7 Å². The second kappa shape index (κ2) is 4.54. The molecule has 2 rings (SSSR count). The van der Waals surface area contributed by atoms with Gasteiger partial charge in [0.05, 0.1) is 0 Å². The molecule has 0 aromatic carbocycles. The molecule has 7 heteroatoms. The van der Waals surface area contributed by atoms with Gasteiger partial charge in [0.2, 0.25) is 0 Å². The highest BCUT2D eigenvalue weighted by Crippen LogP contribution is 2.10. The minimum Gasteiger partial charge on any atom is -0.367 e. The highest BCUT2D eigenvalue weighted by atomic mass is 16.1. The standard InChI is InChI=1S/C10H16N6O/c1-6(4-11)7(2)13-8-3-9-14-15-10(17)16(9)5-12-8/h3,5-7,13H,4,11H2,1-2H3,(H,15,17). The van der Waals surface area contributed by atoms with Gasteiger partial charge in [0, 0.05) is 12.1 Å². The third-order valence-electron chi connectivity index (χ3n) is 2.91. The van der Waals surface area contributed by atoms with Gasteiger partial charge in [-0.1, -0.05) is 6.92 Å². The van der Waals surface area contributed by atoms with E-state index in [9.17, 15) is 4.79 Å². The first kappa shape index (κ1) is 11.6. The summed E-state index contributed by atoms with van der Waals surface area (Å²) in [6, 6.07) is 1.93. The van der Waals surface area contributed by atoms with E-state index in [0.717, 1.165) is 0 Å². The fraction of sp³-hybridized carbons (Fsp3) is 0.500. The number of aromatic amines is 1. The SMILES string of the molecule is CC(CN)C(C)Nc1cc2n[nH]c(=O)n2cn1. The number of nitrogens with two attached hydrogens (primary N) is 1. The van der Waals surface area contributed by atoms with Crippen molar-refractivity contribution in [3.05, 3.63) is 22.9 Å². The van der Waals surface area contributed by atoms with Gasteiger partial charge in [-0.05, 0) is 19.4 Å². The number of aromatic nitrogens is 4. The molecule has 0 aliphatic carbocycles. The Labute approximate surface area is 98.1 Å². The van der Waals surface area contributed by atoms with E-state index in [0.29, 0.717) is 23.9 Å². The second-order valence-electron chi connectivity index (χ2n) is 4.18. The van der Waals surface area contributed by atoms with E-state index >= 15 is 0 Å². The zero-order chi connectivity index (χ0) is 12.4. The number of nitrogens with one attached hydrogen (secondary N) is 2. The third kappa shape index (κ3) is 2.28. The zero-order valence-corrected chi connectivity index (χ0v) is 9.84. The lowest BCUT2D eigenvalue weighted by molar-refractivity contribution is 0.520. The second-order valence-corrected chi connectivity index (χ2v) is 4.18. The number of H-pyrrole nitrogens is 1. The number of anilines is 1. The Hall–Kier alpha value is -1.89. The topological polar surface area (TPSA) is 101 Å². The Morgan fingerprint density at radius 3 is 3.06 bits per heavy atom. The normalized spacial score (nSPS) is 14.8. The Balaban J connectivity index is 2.22. The van der Waals surface area contributed by atoms with Crippen LogP contribution in [0, 0.1) is 5.92 Å². The highest BCUT2D eigenvalue weighted by Gasteiger charge is 2.11. The van der Waals surface area contributed by atoms with Gasteiger partial charge in [-0.3, -0.25) is 0 Å². The molecule has 0 aliphatic heterocycles. The van der Waals surface area contributed by atoms with Crippen molar-refractivity contribution < 1.29 is 0 Å². The van der Waals surface area contributed by atoms with Gasteiger partial charge in [0.1, 0.15) is 12.1 Å². The molecule has 17 heavy (non-hydrogen) atoms. The van der Waals surface area contributed by atoms with Crippen LogP contribution >= 0.6 is 0 Å². The zero-order valence-electron chi connectivity index (χ0n) is 9.84. The molecule has 2 heterocycles. The Bertz CT molecular complexity index is 559. The van der Waals surface area contributed by atoms with E-state index in [4.69, 9.17) is 5.73 Å². The summed E-state index contributed by atoms with van der Waals surface area (Å²) >= 11 is 0. The maximum absolute atomic E-state index is 11.2. The molecule has 2 unspecified atom stereocenters. The molecule has 0 saturated carbocycles. The summed E-state index contributed by atoms with van der Waals surface area (Å²) in [6.07, 6.45) is 1.45. The lowest BCUT2D eigenvalue weighted by Crippen LogP contribution is -2.29. The monoisotopic (exact) mass is 236 g/mol. The molecule has 4 N–H and O–H groups in total. The van der Waals surface area contributed by atoms with Crippen molar-refractivity contribution in [3.63, 3.8) is 0 Å². The van der Waals surface area contributed by atoms with Crippen molar-refractivity contribution in [1.29, 1.82) is 0 Å². The van der Waals surface area contributed by atoms with Crippen molar-refractivity contribution in [1.82, 2.24) is 19.6 Å². The van der Waals surface area contributed by atoms with Gasteiger partial charge in [0.25, 0.3) is 0 Å². The molecular formula is C10H16N6O. The minimum atomic E-state index is -0.289. The molecule has 0 fully saturated rings. The summed E-state index contributed by atoms with van der Waals surface area (Å²) in [5.74, 6) is 1.03. The Kier molecular flexibility index (Phi) is 3.10. The summed E-state index contributed by atoms with van der Waals surface area (Å²) in [5, 5.41) is 9.47. The van der Waals surface area contributed by atoms with Crippen LogP contribution in [-0.4, -0.2) is 32.2 Å². The maximum atomic E-state index is 11.2. The van der Waals surface area contributed by atoms with Crippen molar-refractivity contribution >= 4 is 11.5 Å². The first-order chi connectivity index (χ1) is 8.11. The summed E-state index contributed by atoms with van der Waals surface area (Å²) in [5.41, 5.74) is 5.85. The van der Waals surface area contributed by atoms with E-state index in [1.165, 1.54) is 10.7 Å². The lowest BCUT2D eigenvalue weighted by atomic mass is 10.0. The summed E-state index contributed by atoms with van der Waals surface area (Å²) in [6.45, 7) is 4.72. The maximum Gasteiger partial charge on any atom is 0.348 e. The molecular weight excluding hydrogens is 220 g/mol.